The van der Waals surface area contributed by atoms with E-state index in [1.165, 1.54) is 5.56 Å². The minimum atomic E-state index is 0. The highest BCUT2D eigenvalue weighted by molar-refractivity contribution is 5.94. The van der Waals surface area contributed by atoms with Gasteiger partial charge in [-0.25, -0.2) is 0 Å². The van der Waals surface area contributed by atoms with Crippen LogP contribution >= 0.6 is 12.4 Å². The Morgan fingerprint density at radius 2 is 1.84 bits per heavy atom. The molecule has 0 aliphatic carbocycles. The van der Waals surface area contributed by atoms with Crippen molar-refractivity contribution in [3.05, 3.63) is 35.4 Å². The lowest BCUT2D eigenvalue weighted by molar-refractivity contribution is 0.0715. The van der Waals surface area contributed by atoms with Gasteiger partial charge in [0.1, 0.15) is 0 Å². The van der Waals surface area contributed by atoms with E-state index in [2.05, 4.69) is 19.1 Å². The number of amides is 1. The maximum atomic E-state index is 12.3. The van der Waals surface area contributed by atoms with Crippen molar-refractivity contribution in [3.8, 4) is 0 Å². The van der Waals surface area contributed by atoms with Crippen LogP contribution in [0.15, 0.2) is 24.3 Å². The molecule has 1 aromatic carbocycles. The maximum Gasteiger partial charge on any atom is 0.253 e. The van der Waals surface area contributed by atoms with Gasteiger partial charge < -0.3 is 10.6 Å². The van der Waals surface area contributed by atoms with Gasteiger partial charge in [-0.05, 0) is 37.0 Å². The molecule has 2 rings (SSSR count). The van der Waals surface area contributed by atoms with Gasteiger partial charge in [0.05, 0.1) is 0 Å². The zero-order valence-electron chi connectivity index (χ0n) is 11.5. The van der Waals surface area contributed by atoms with Crippen molar-refractivity contribution in [2.24, 2.45) is 5.73 Å². The molecule has 0 radical (unpaired) electrons. The topological polar surface area (TPSA) is 46.3 Å². The minimum absolute atomic E-state index is 0. The second-order valence-corrected chi connectivity index (χ2v) is 5.08. The summed E-state index contributed by atoms with van der Waals surface area (Å²) in [6.45, 7) is 3.74. The van der Waals surface area contributed by atoms with E-state index in [0.29, 0.717) is 0 Å². The number of carbonyl (C=O) groups excluding carboxylic acids is 1. The number of carbonyl (C=O) groups is 1. The van der Waals surface area contributed by atoms with Gasteiger partial charge in [0.25, 0.3) is 5.91 Å². The number of nitrogens with zero attached hydrogens (tertiary/aromatic N) is 1. The molecule has 3 nitrogen and oxygen atoms in total. The van der Waals surface area contributed by atoms with Gasteiger partial charge in [-0.2, -0.15) is 0 Å². The summed E-state index contributed by atoms with van der Waals surface area (Å²) in [7, 11) is 0. The first-order chi connectivity index (χ1) is 8.70. The van der Waals surface area contributed by atoms with Gasteiger partial charge in [-0.15, -0.1) is 12.4 Å². The molecule has 1 fully saturated rings. The fraction of sp³-hybridized carbons (Fsp3) is 0.533. The van der Waals surface area contributed by atoms with Crippen molar-refractivity contribution in [2.75, 3.05) is 13.1 Å². The van der Waals surface area contributed by atoms with Crippen LogP contribution in [0.3, 0.4) is 0 Å². The molecule has 0 spiro atoms. The molecule has 0 unspecified atom stereocenters. The Labute approximate surface area is 121 Å². The van der Waals surface area contributed by atoms with Crippen LogP contribution < -0.4 is 5.73 Å². The van der Waals surface area contributed by atoms with Crippen molar-refractivity contribution >= 4 is 18.3 Å². The summed E-state index contributed by atoms with van der Waals surface area (Å²) in [5.41, 5.74) is 7.95. The Kier molecular flexibility index (Phi) is 6.32. The van der Waals surface area contributed by atoms with E-state index < -0.39 is 0 Å². The Morgan fingerprint density at radius 1 is 1.26 bits per heavy atom. The number of nitrogens with two attached hydrogens (primary N) is 1. The number of likely N-dealkylation sites (tertiary alicyclic amines) is 1. The SMILES string of the molecule is CCCc1ccc(C(=O)N2CCC(N)CC2)cc1.Cl. The van der Waals surface area contributed by atoms with Gasteiger partial charge in [0.2, 0.25) is 0 Å². The molecular formula is C15H23ClN2O. The monoisotopic (exact) mass is 282 g/mol. The van der Waals surface area contributed by atoms with Gasteiger partial charge in [0, 0.05) is 24.7 Å². The molecule has 1 heterocycles. The van der Waals surface area contributed by atoms with E-state index >= 15 is 0 Å². The molecule has 0 aromatic heterocycles. The molecular weight excluding hydrogens is 260 g/mol. The molecule has 4 heteroatoms. The summed E-state index contributed by atoms with van der Waals surface area (Å²) in [6, 6.07) is 8.28. The Hall–Kier alpha value is -1.06. The summed E-state index contributed by atoms with van der Waals surface area (Å²) in [5.74, 6) is 0.143. The third-order valence-electron chi connectivity index (χ3n) is 3.57. The second-order valence-electron chi connectivity index (χ2n) is 5.08. The normalized spacial score (nSPS) is 16.0. The van der Waals surface area contributed by atoms with E-state index in [1.807, 2.05) is 17.0 Å². The third kappa shape index (κ3) is 4.22. The number of halogens is 1. The van der Waals surface area contributed by atoms with Crippen LogP contribution in [0, 0.1) is 0 Å². The molecule has 0 atom stereocenters. The number of rotatable bonds is 3. The first-order valence-electron chi connectivity index (χ1n) is 6.84. The summed E-state index contributed by atoms with van der Waals surface area (Å²) in [4.78, 5) is 14.2. The number of benzene rings is 1. The van der Waals surface area contributed by atoms with Crippen LogP contribution in [-0.2, 0) is 6.42 Å². The molecule has 1 aliphatic rings. The molecule has 106 valence electrons. The summed E-state index contributed by atoms with van der Waals surface area (Å²) < 4.78 is 0. The summed E-state index contributed by atoms with van der Waals surface area (Å²) in [6.07, 6.45) is 4.05. The molecule has 1 saturated heterocycles. The molecule has 2 N–H and O–H groups in total. The zero-order chi connectivity index (χ0) is 13.0. The van der Waals surface area contributed by atoms with Crippen LogP contribution in [0.2, 0.25) is 0 Å². The van der Waals surface area contributed by atoms with Crippen LogP contribution in [0.5, 0.6) is 0 Å². The van der Waals surface area contributed by atoms with Gasteiger partial charge in [-0.1, -0.05) is 25.5 Å². The highest BCUT2D eigenvalue weighted by Gasteiger charge is 2.21. The summed E-state index contributed by atoms with van der Waals surface area (Å²) >= 11 is 0. The Bertz CT molecular complexity index is 397. The maximum absolute atomic E-state index is 12.3. The fourth-order valence-corrected chi connectivity index (χ4v) is 2.39. The Morgan fingerprint density at radius 3 is 2.37 bits per heavy atom. The average Bonchev–Trinajstić information content (AvgIpc) is 2.40. The zero-order valence-corrected chi connectivity index (χ0v) is 12.3. The highest BCUT2D eigenvalue weighted by atomic mass is 35.5. The molecule has 1 aliphatic heterocycles. The van der Waals surface area contributed by atoms with Crippen molar-refractivity contribution in [1.82, 2.24) is 4.90 Å². The average molecular weight is 283 g/mol. The lowest BCUT2D eigenvalue weighted by Gasteiger charge is -2.30. The Balaban J connectivity index is 0.00000180. The standard InChI is InChI=1S/C15H22N2O.ClH/c1-2-3-12-4-6-13(7-5-12)15(18)17-10-8-14(16)9-11-17;/h4-7,14H,2-3,8-11,16H2,1H3;1H. The number of piperidine rings is 1. The predicted octanol–water partition coefficient (Wildman–Crippen LogP) is 2.62. The number of hydrogen-bond donors (Lipinski definition) is 1. The van der Waals surface area contributed by atoms with Crippen molar-refractivity contribution in [3.63, 3.8) is 0 Å². The highest BCUT2D eigenvalue weighted by Crippen LogP contribution is 2.14. The van der Waals surface area contributed by atoms with Crippen LogP contribution in [-0.4, -0.2) is 29.9 Å². The minimum Gasteiger partial charge on any atom is -0.339 e. The van der Waals surface area contributed by atoms with Crippen molar-refractivity contribution in [1.29, 1.82) is 0 Å². The quantitative estimate of drug-likeness (QED) is 0.926. The van der Waals surface area contributed by atoms with Crippen LogP contribution in [0.1, 0.15) is 42.1 Å². The number of hydrogen-bond acceptors (Lipinski definition) is 2. The summed E-state index contributed by atoms with van der Waals surface area (Å²) in [5, 5.41) is 0. The van der Waals surface area contributed by atoms with E-state index in [4.69, 9.17) is 5.73 Å². The molecule has 0 bridgehead atoms. The first-order valence-corrected chi connectivity index (χ1v) is 6.84. The molecule has 0 saturated carbocycles. The van der Waals surface area contributed by atoms with E-state index in [0.717, 1.165) is 44.3 Å². The third-order valence-corrected chi connectivity index (χ3v) is 3.57. The van der Waals surface area contributed by atoms with E-state index in [-0.39, 0.29) is 24.4 Å². The van der Waals surface area contributed by atoms with E-state index in [9.17, 15) is 4.79 Å². The van der Waals surface area contributed by atoms with Crippen LogP contribution in [0.25, 0.3) is 0 Å². The second kappa shape index (κ2) is 7.51. The largest absolute Gasteiger partial charge is 0.339 e. The smallest absolute Gasteiger partial charge is 0.253 e. The molecule has 1 aromatic rings. The van der Waals surface area contributed by atoms with Crippen LogP contribution in [0.4, 0.5) is 0 Å². The lowest BCUT2D eigenvalue weighted by atomic mass is 10.0. The number of aryl methyl sites for hydroxylation is 1. The molecule has 19 heavy (non-hydrogen) atoms. The van der Waals surface area contributed by atoms with Gasteiger partial charge in [-0.3, -0.25) is 4.79 Å². The molecule has 1 amide bonds. The lowest BCUT2D eigenvalue weighted by Crippen LogP contribution is -2.42. The van der Waals surface area contributed by atoms with Crippen molar-refractivity contribution in [2.45, 2.75) is 38.6 Å². The fourth-order valence-electron chi connectivity index (χ4n) is 2.39. The van der Waals surface area contributed by atoms with Gasteiger partial charge >= 0.3 is 0 Å². The predicted molar refractivity (Wildman–Crippen MR) is 80.8 cm³/mol. The van der Waals surface area contributed by atoms with Crippen molar-refractivity contribution < 1.29 is 4.79 Å². The first kappa shape index (κ1) is 16.0. The van der Waals surface area contributed by atoms with Gasteiger partial charge in [0.15, 0.2) is 0 Å². The van der Waals surface area contributed by atoms with E-state index in [1.54, 1.807) is 0 Å².